The molecule has 0 aliphatic carbocycles. The Labute approximate surface area is 141 Å². The van der Waals surface area contributed by atoms with E-state index in [4.69, 9.17) is 5.11 Å². The molecule has 0 unspecified atom stereocenters. The number of aromatic amines is 1. The number of aromatic nitrogens is 3. The number of fused-ring (bicyclic) bond motifs is 1. The number of nitrogens with one attached hydrogen (secondary N) is 1. The summed E-state index contributed by atoms with van der Waals surface area (Å²) in [6, 6.07) is 10.6. The molecule has 2 aromatic heterocycles. The molecule has 0 atom stereocenters. The van der Waals surface area contributed by atoms with Crippen molar-refractivity contribution < 1.29 is 5.11 Å². The number of nitrogens with zero attached hydrogens (tertiary/aromatic N) is 3. The first-order chi connectivity index (χ1) is 11.5. The monoisotopic (exact) mass is 320 g/mol. The summed E-state index contributed by atoms with van der Waals surface area (Å²) in [4.78, 5) is 4.28. The van der Waals surface area contributed by atoms with Crippen molar-refractivity contribution in [3.8, 4) is 17.2 Å². The second-order valence-electron chi connectivity index (χ2n) is 6.47. The van der Waals surface area contributed by atoms with Gasteiger partial charge >= 0.3 is 0 Å². The molecule has 0 amide bonds. The average molecular weight is 320 g/mol. The molecule has 0 radical (unpaired) electrons. The van der Waals surface area contributed by atoms with Gasteiger partial charge < -0.3 is 5.11 Å². The van der Waals surface area contributed by atoms with Crippen LogP contribution in [0.2, 0.25) is 0 Å². The Hall–Kier alpha value is -2.71. The van der Waals surface area contributed by atoms with Crippen LogP contribution < -0.4 is 0 Å². The summed E-state index contributed by atoms with van der Waals surface area (Å²) >= 11 is 0. The van der Waals surface area contributed by atoms with Crippen molar-refractivity contribution in [2.45, 2.75) is 32.1 Å². The molecule has 0 aliphatic heterocycles. The van der Waals surface area contributed by atoms with Gasteiger partial charge in [-0.3, -0.25) is 5.10 Å². The maximum atomic E-state index is 9.50. The van der Waals surface area contributed by atoms with Crippen LogP contribution in [0.1, 0.15) is 31.4 Å². The van der Waals surface area contributed by atoms with E-state index < -0.39 is 5.41 Å². The molecule has 5 nitrogen and oxygen atoms in total. The molecule has 1 aromatic carbocycles. The van der Waals surface area contributed by atoms with Gasteiger partial charge in [-0.15, -0.1) is 0 Å². The average Bonchev–Trinajstić information content (AvgIpc) is 3.08. The van der Waals surface area contributed by atoms with E-state index in [1.807, 2.05) is 19.9 Å². The van der Waals surface area contributed by atoms with Crippen molar-refractivity contribution in [1.29, 1.82) is 5.26 Å². The van der Waals surface area contributed by atoms with Crippen LogP contribution in [0.5, 0.6) is 0 Å². The Kier molecular flexibility index (Phi) is 4.32. The quantitative estimate of drug-likeness (QED) is 0.755. The van der Waals surface area contributed by atoms with E-state index in [9.17, 15) is 5.26 Å². The summed E-state index contributed by atoms with van der Waals surface area (Å²) < 4.78 is 0. The second-order valence-corrected chi connectivity index (χ2v) is 6.47. The first kappa shape index (κ1) is 16.2. The van der Waals surface area contributed by atoms with Crippen LogP contribution in [0, 0.1) is 11.3 Å². The maximum Gasteiger partial charge on any atom is 0.155 e. The Morgan fingerprint density at radius 2 is 2.12 bits per heavy atom. The Morgan fingerprint density at radius 3 is 2.88 bits per heavy atom. The molecule has 3 aromatic rings. The summed E-state index contributed by atoms with van der Waals surface area (Å²) in [5.41, 5.74) is 4.34. The Bertz CT molecular complexity index is 905. The largest absolute Gasteiger partial charge is 0.396 e. The van der Waals surface area contributed by atoms with E-state index in [1.54, 1.807) is 12.4 Å². The van der Waals surface area contributed by atoms with Gasteiger partial charge in [-0.25, -0.2) is 4.98 Å². The summed E-state index contributed by atoms with van der Waals surface area (Å²) in [7, 11) is 0. The number of nitriles is 1. The topological polar surface area (TPSA) is 85.6 Å². The highest BCUT2D eigenvalue weighted by molar-refractivity contribution is 5.92. The molecule has 24 heavy (non-hydrogen) atoms. The third-order valence-electron chi connectivity index (χ3n) is 4.28. The fraction of sp³-hybridized carbons (Fsp3) is 0.316. The summed E-state index contributed by atoms with van der Waals surface area (Å²) in [6.07, 6.45) is 5.00. The van der Waals surface area contributed by atoms with Crippen LogP contribution in [-0.2, 0) is 11.8 Å². The highest BCUT2D eigenvalue weighted by atomic mass is 16.2. The van der Waals surface area contributed by atoms with Crippen molar-refractivity contribution in [2.75, 3.05) is 6.61 Å². The number of hydrogen-bond donors (Lipinski definition) is 2. The fourth-order valence-corrected chi connectivity index (χ4v) is 2.80. The Morgan fingerprint density at radius 1 is 1.29 bits per heavy atom. The van der Waals surface area contributed by atoms with E-state index in [1.165, 1.54) is 0 Å². The van der Waals surface area contributed by atoms with Crippen LogP contribution in [0.15, 0.2) is 36.7 Å². The zero-order chi connectivity index (χ0) is 17.2. The van der Waals surface area contributed by atoms with Crippen LogP contribution in [-0.4, -0.2) is 26.9 Å². The van der Waals surface area contributed by atoms with Gasteiger partial charge in [0.2, 0.25) is 0 Å². The van der Waals surface area contributed by atoms with Gasteiger partial charge in [0.05, 0.1) is 17.7 Å². The first-order valence-electron chi connectivity index (χ1n) is 8.00. The molecule has 2 N–H and O–H groups in total. The van der Waals surface area contributed by atoms with Crippen LogP contribution in [0.3, 0.4) is 0 Å². The lowest BCUT2D eigenvalue weighted by Crippen LogP contribution is -2.14. The molecule has 0 fully saturated rings. The summed E-state index contributed by atoms with van der Waals surface area (Å²) in [6.45, 7) is 3.99. The first-order valence-corrected chi connectivity index (χ1v) is 8.00. The standard InChI is InChI=1S/C19H20N4O/c1-19(2,12-20)15-9-13(4-3-7-24)8-14(10-15)16-5-6-21-18-17(16)11-22-23-18/h5-6,8-11,24H,3-4,7H2,1-2H3,(H,21,22,23). The van der Waals surface area contributed by atoms with Gasteiger partial charge in [-0.05, 0) is 61.1 Å². The minimum absolute atomic E-state index is 0.155. The second kappa shape index (κ2) is 6.42. The van der Waals surface area contributed by atoms with Gasteiger partial charge in [0.1, 0.15) is 0 Å². The van der Waals surface area contributed by atoms with Crippen LogP contribution >= 0.6 is 0 Å². The van der Waals surface area contributed by atoms with Gasteiger partial charge in [0, 0.05) is 18.2 Å². The van der Waals surface area contributed by atoms with Gasteiger partial charge in [-0.2, -0.15) is 10.4 Å². The van der Waals surface area contributed by atoms with Crippen LogP contribution in [0.25, 0.3) is 22.2 Å². The predicted octanol–water partition coefficient (Wildman–Crippen LogP) is 3.35. The number of rotatable bonds is 5. The summed E-state index contributed by atoms with van der Waals surface area (Å²) in [5, 5.41) is 26.5. The third-order valence-corrected chi connectivity index (χ3v) is 4.28. The lowest BCUT2D eigenvalue weighted by Gasteiger charge is -2.19. The molecule has 0 aliphatic rings. The van der Waals surface area contributed by atoms with E-state index in [0.717, 1.165) is 39.7 Å². The molecular formula is C19H20N4O. The molecule has 0 saturated heterocycles. The number of pyridine rings is 1. The molecule has 2 heterocycles. The van der Waals surface area contributed by atoms with Gasteiger partial charge in [0.25, 0.3) is 0 Å². The predicted molar refractivity (Wildman–Crippen MR) is 93.4 cm³/mol. The maximum absolute atomic E-state index is 9.50. The number of aliphatic hydroxyl groups is 1. The van der Waals surface area contributed by atoms with Crippen molar-refractivity contribution in [3.05, 3.63) is 47.8 Å². The minimum atomic E-state index is -0.577. The van der Waals surface area contributed by atoms with Gasteiger partial charge in [0.15, 0.2) is 5.65 Å². The highest BCUT2D eigenvalue weighted by Crippen LogP contribution is 2.32. The Balaban J connectivity index is 2.18. The highest BCUT2D eigenvalue weighted by Gasteiger charge is 2.21. The molecule has 0 spiro atoms. The molecule has 122 valence electrons. The SMILES string of the molecule is CC(C)(C#N)c1cc(CCCO)cc(-c2ccnc3[nH]ncc23)c1. The van der Waals surface area contributed by atoms with Crippen molar-refractivity contribution in [3.63, 3.8) is 0 Å². The molecule has 0 bridgehead atoms. The van der Waals surface area contributed by atoms with E-state index in [2.05, 4.69) is 39.4 Å². The van der Waals surface area contributed by atoms with E-state index >= 15 is 0 Å². The number of aryl methyl sites for hydroxylation is 1. The van der Waals surface area contributed by atoms with Crippen LogP contribution in [0.4, 0.5) is 0 Å². The number of H-pyrrole nitrogens is 1. The minimum Gasteiger partial charge on any atom is -0.396 e. The number of aliphatic hydroxyl groups excluding tert-OH is 1. The van der Waals surface area contributed by atoms with Crippen molar-refractivity contribution in [2.24, 2.45) is 0 Å². The molecule has 5 heteroatoms. The van der Waals surface area contributed by atoms with E-state index in [-0.39, 0.29) is 6.61 Å². The molecular weight excluding hydrogens is 300 g/mol. The smallest absolute Gasteiger partial charge is 0.155 e. The molecule has 3 rings (SSSR count). The normalized spacial score (nSPS) is 11.6. The zero-order valence-electron chi connectivity index (χ0n) is 13.9. The van der Waals surface area contributed by atoms with Gasteiger partial charge in [-0.1, -0.05) is 12.1 Å². The lowest BCUT2D eigenvalue weighted by molar-refractivity contribution is 0.288. The molecule has 0 saturated carbocycles. The lowest BCUT2D eigenvalue weighted by atomic mass is 9.83. The van der Waals surface area contributed by atoms with Crippen molar-refractivity contribution >= 4 is 11.0 Å². The fourth-order valence-electron chi connectivity index (χ4n) is 2.80. The van der Waals surface area contributed by atoms with E-state index in [0.29, 0.717) is 6.42 Å². The summed E-state index contributed by atoms with van der Waals surface area (Å²) in [5.74, 6) is 0. The zero-order valence-corrected chi connectivity index (χ0v) is 13.9. The number of benzene rings is 1. The third kappa shape index (κ3) is 3.01. The number of hydrogen-bond acceptors (Lipinski definition) is 4. The van der Waals surface area contributed by atoms with Crippen molar-refractivity contribution in [1.82, 2.24) is 15.2 Å².